The van der Waals surface area contributed by atoms with Crippen molar-refractivity contribution in [3.63, 3.8) is 0 Å². The van der Waals surface area contributed by atoms with Gasteiger partial charge >= 0.3 is 0 Å². The highest BCUT2D eigenvalue weighted by atomic mass is 16.5. The second-order valence-corrected chi connectivity index (χ2v) is 5.92. The fourth-order valence-corrected chi connectivity index (χ4v) is 2.78. The highest BCUT2D eigenvalue weighted by Crippen LogP contribution is 2.21. The van der Waals surface area contributed by atoms with Crippen molar-refractivity contribution in [1.82, 2.24) is 15.3 Å². The molecule has 0 spiro atoms. The molecule has 130 valence electrons. The van der Waals surface area contributed by atoms with E-state index in [0.717, 1.165) is 10.9 Å². The molecule has 2 aromatic heterocycles. The summed E-state index contributed by atoms with van der Waals surface area (Å²) in [6, 6.07) is 15.0. The zero-order valence-corrected chi connectivity index (χ0v) is 14.1. The van der Waals surface area contributed by atoms with Crippen molar-refractivity contribution >= 4 is 22.6 Å². The van der Waals surface area contributed by atoms with E-state index in [9.17, 15) is 4.79 Å². The van der Waals surface area contributed by atoms with Crippen LogP contribution in [0.2, 0.25) is 0 Å². The molecule has 0 bridgehead atoms. The van der Waals surface area contributed by atoms with Gasteiger partial charge in [0, 0.05) is 11.1 Å². The van der Waals surface area contributed by atoms with Gasteiger partial charge < -0.3 is 14.4 Å². The van der Waals surface area contributed by atoms with Crippen molar-refractivity contribution in [3.8, 4) is 0 Å². The molecular formula is C19H16N4O3. The Kier molecular flexibility index (Phi) is 4.18. The Morgan fingerprint density at radius 2 is 1.85 bits per heavy atom. The first-order valence-corrected chi connectivity index (χ1v) is 8.19. The maximum absolute atomic E-state index is 12.5. The predicted octanol–water partition coefficient (Wildman–Crippen LogP) is 3.29. The maximum Gasteiger partial charge on any atom is 0.231 e. The summed E-state index contributed by atoms with van der Waals surface area (Å²) in [6.45, 7) is 1.77. The van der Waals surface area contributed by atoms with Crippen LogP contribution in [-0.4, -0.2) is 21.2 Å². The third kappa shape index (κ3) is 3.32. The summed E-state index contributed by atoms with van der Waals surface area (Å²) in [7, 11) is 0. The van der Waals surface area contributed by atoms with Gasteiger partial charge in [-0.2, -0.15) is 4.98 Å². The normalized spacial score (nSPS) is 11.0. The molecule has 4 aromatic rings. The molecule has 0 saturated carbocycles. The highest BCUT2D eigenvalue weighted by molar-refractivity contribution is 5.95. The number of benzene rings is 2. The molecule has 0 aliphatic carbocycles. The number of nitrogens with zero attached hydrogens (tertiary/aromatic N) is 3. The molecular weight excluding hydrogens is 332 g/mol. The molecule has 26 heavy (non-hydrogen) atoms. The Bertz CT molecular complexity index is 1070. The number of carbonyl (C=O) groups is 1. The van der Waals surface area contributed by atoms with Crippen LogP contribution in [0.25, 0.3) is 11.0 Å². The van der Waals surface area contributed by atoms with Gasteiger partial charge in [0.15, 0.2) is 11.4 Å². The van der Waals surface area contributed by atoms with Crippen LogP contribution in [0.3, 0.4) is 0 Å². The van der Waals surface area contributed by atoms with Crippen LogP contribution in [0, 0.1) is 6.92 Å². The minimum Gasteiger partial charge on any atom is -0.356 e. The largest absolute Gasteiger partial charge is 0.356 e. The summed E-state index contributed by atoms with van der Waals surface area (Å²) < 4.78 is 10.4. The van der Waals surface area contributed by atoms with Gasteiger partial charge in [-0.15, -0.1) is 0 Å². The first-order valence-electron chi connectivity index (χ1n) is 8.19. The van der Waals surface area contributed by atoms with Gasteiger partial charge in [-0.05, 0) is 30.7 Å². The van der Waals surface area contributed by atoms with Crippen LogP contribution in [-0.2, 0) is 17.6 Å². The molecule has 2 heterocycles. The quantitative estimate of drug-likeness (QED) is 0.595. The third-order valence-electron chi connectivity index (χ3n) is 3.98. The number of aryl methyl sites for hydroxylation is 1. The van der Waals surface area contributed by atoms with E-state index in [2.05, 4.69) is 20.6 Å². The Morgan fingerprint density at radius 3 is 2.69 bits per heavy atom. The lowest BCUT2D eigenvalue weighted by molar-refractivity contribution is -0.115. The SMILES string of the molecule is Cc1noc(Cc2ccccc2NC(=O)Cc2noc3ccccc23)n1. The molecule has 1 amide bonds. The topological polar surface area (TPSA) is 94.1 Å². The Morgan fingerprint density at radius 1 is 1.04 bits per heavy atom. The van der Waals surface area contributed by atoms with E-state index in [-0.39, 0.29) is 12.3 Å². The number of aromatic nitrogens is 3. The molecule has 0 fully saturated rings. The maximum atomic E-state index is 12.5. The van der Waals surface area contributed by atoms with Crippen molar-refractivity contribution in [1.29, 1.82) is 0 Å². The van der Waals surface area contributed by atoms with Crippen molar-refractivity contribution in [2.45, 2.75) is 19.8 Å². The molecule has 0 atom stereocenters. The lowest BCUT2D eigenvalue weighted by Gasteiger charge is -2.09. The van der Waals surface area contributed by atoms with Gasteiger partial charge in [0.1, 0.15) is 5.69 Å². The second kappa shape index (κ2) is 6.79. The molecule has 4 rings (SSSR count). The fourth-order valence-electron chi connectivity index (χ4n) is 2.78. The summed E-state index contributed by atoms with van der Waals surface area (Å²) in [5, 5.41) is 11.6. The minimum atomic E-state index is -0.168. The average molecular weight is 348 g/mol. The van der Waals surface area contributed by atoms with Crippen LogP contribution in [0.4, 0.5) is 5.69 Å². The van der Waals surface area contributed by atoms with Crippen molar-refractivity contribution in [3.05, 3.63) is 71.5 Å². The van der Waals surface area contributed by atoms with E-state index in [1.165, 1.54) is 0 Å². The summed E-state index contributed by atoms with van der Waals surface area (Å²) in [5.74, 6) is 0.921. The number of para-hydroxylation sites is 2. The van der Waals surface area contributed by atoms with Crippen LogP contribution in [0.15, 0.2) is 57.6 Å². The van der Waals surface area contributed by atoms with Gasteiger partial charge in [0.2, 0.25) is 11.8 Å². The van der Waals surface area contributed by atoms with E-state index < -0.39 is 0 Å². The van der Waals surface area contributed by atoms with Crippen molar-refractivity contribution in [2.75, 3.05) is 5.32 Å². The summed E-state index contributed by atoms with van der Waals surface area (Å²) in [5.41, 5.74) is 2.89. The number of hydrogen-bond donors (Lipinski definition) is 1. The first-order chi connectivity index (χ1) is 12.7. The highest BCUT2D eigenvalue weighted by Gasteiger charge is 2.14. The zero-order chi connectivity index (χ0) is 17.9. The third-order valence-corrected chi connectivity index (χ3v) is 3.98. The van der Waals surface area contributed by atoms with E-state index >= 15 is 0 Å². The van der Waals surface area contributed by atoms with Crippen molar-refractivity contribution in [2.24, 2.45) is 0 Å². The number of amides is 1. The Hall–Kier alpha value is -3.48. The standard InChI is InChI=1S/C19H16N4O3/c1-12-20-19(26-22-12)10-13-6-2-4-8-15(13)21-18(24)11-16-14-7-3-5-9-17(14)25-23-16/h2-9H,10-11H2,1H3,(H,21,24). The second-order valence-electron chi connectivity index (χ2n) is 5.92. The van der Waals surface area contributed by atoms with Gasteiger partial charge in [-0.25, -0.2) is 0 Å². The van der Waals surface area contributed by atoms with Crippen LogP contribution in [0.1, 0.15) is 23.0 Å². The molecule has 0 saturated heterocycles. The van der Waals surface area contributed by atoms with E-state index in [1.807, 2.05) is 48.5 Å². The number of nitrogens with one attached hydrogen (secondary N) is 1. The fraction of sp³-hybridized carbons (Fsp3) is 0.158. The summed E-state index contributed by atoms with van der Waals surface area (Å²) in [6.07, 6.45) is 0.579. The van der Waals surface area contributed by atoms with Crippen LogP contribution < -0.4 is 5.32 Å². The molecule has 2 aromatic carbocycles. The molecule has 0 radical (unpaired) electrons. The molecule has 1 N–H and O–H groups in total. The predicted molar refractivity (Wildman–Crippen MR) is 94.6 cm³/mol. The van der Waals surface area contributed by atoms with Gasteiger partial charge in [-0.1, -0.05) is 40.6 Å². The number of hydrogen-bond acceptors (Lipinski definition) is 6. The van der Waals surface area contributed by atoms with Gasteiger partial charge in [0.05, 0.1) is 12.8 Å². The Labute approximate surface area is 149 Å². The van der Waals surface area contributed by atoms with Gasteiger partial charge in [-0.3, -0.25) is 4.79 Å². The zero-order valence-electron chi connectivity index (χ0n) is 14.1. The van der Waals surface area contributed by atoms with Crippen LogP contribution in [0.5, 0.6) is 0 Å². The molecule has 0 aliphatic rings. The average Bonchev–Trinajstić information content (AvgIpc) is 3.23. The van der Waals surface area contributed by atoms with E-state index in [4.69, 9.17) is 9.05 Å². The number of fused-ring (bicyclic) bond motifs is 1. The van der Waals surface area contributed by atoms with Crippen molar-refractivity contribution < 1.29 is 13.8 Å². The molecule has 0 unspecified atom stereocenters. The monoisotopic (exact) mass is 348 g/mol. The molecule has 7 nitrogen and oxygen atoms in total. The number of anilines is 1. The number of carbonyl (C=O) groups excluding carboxylic acids is 1. The lowest BCUT2D eigenvalue weighted by Crippen LogP contribution is -2.16. The molecule has 0 aliphatic heterocycles. The van der Waals surface area contributed by atoms with Crippen LogP contribution >= 0.6 is 0 Å². The molecule has 7 heteroatoms. The first kappa shape index (κ1) is 16.0. The Balaban J connectivity index is 1.51. The van der Waals surface area contributed by atoms with E-state index in [1.54, 1.807) is 6.92 Å². The summed E-state index contributed by atoms with van der Waals surface area (Å²) in [4.78, 5) is 16.7. The van der Waals surface area contributed by atoms with E-state index in [0.29, 0.717) is 35.1 Å². The minimum absolute atomic E-state index is 0.130. The lowest BCUT2D eigenvalue weighted by atomic mass is 10.1. The summed E-state index contributed by atoms with van der Waals surface area (Å²) >= 11 is 0. The smallest absolute Gasteiger partial charge is 0.231 e. The number of rotatable bonds is 5. The van der Waals surface area contributed by atoms with Gasteiger partial charge in [0.25, 0.3) is 0 Å².